The lowest BCUT2D eigenvalue weighted by Gasteiger charge is -2.41. The van der Waals surface area contributed by atoms with E-state index in [-0.39, 0.29) is 5.54 Å². The first-order valence-corrected chi connectivity index (χ1v) is 8.71. The van der Waals surface area contributed by atoms with Crippen molar-refractivity contribution in [2.75, 3.05) is 6.54 Å². The fourth-order valence-electron chi connectivity index (χ4n) is 4.42. The largest absolute Gasteiger partial charge is 0.312 e. The van der Waals surface area contributed by atoms with Gasteiger partial charge in [-0.3, -0.25) is 0 Å². The van der Waals surface area contributed by atoms with E-state index in [1.165, 1.54) is 57.9 Å². The van der Waals surface area contributed by atoms with E-state index >= 15 is 0 Å². The van der Waals surface area contributed by atoms with E-state index in [4.69, 9.17) is 0 Å². The van der Waals surface area contributed by atoms with E-state index in [0.717, 1.165) is 23.7 Å². The molecular formula is C18H35N. The van der Waals surface area contributed by atoms with Crippen LogP contribution in [0.25, 0.3) is 0 Å². The van der Waals surface area contributed by atoms with Crippen molar-refractivity contribution in [3.05, 3.63) is 0 Å². The molecule has 0 aliphatic heterocycles. The Hall–Kier alpha value is -0.0400. The Balaban J connectivity index is 1.91. The standard InChI is InChI=1S/C18H35N/c1-14-8-7-10-15(12-14)17-11-6-5-9-16(17)13-19-18(2,3)4/h14-17,19H,5-13H2,1-4H3. The molecule has 0 aromatic carbocycles. The minimum atomic E-state index is 0.280. The zero-order valence-corrected chi connectivity index (χ0v) is 13.7. The number of hydrogen-bond acceptors (Lipinski definition) is 1. The van der Waals surface area contributed by atoms with Crippen LogP contribution >= 0.6 is 0 Å². The van der Waals surface area contributed by atoms with Crippen LogP contribution in [0.3, 0.4) is 0 Å². The Morgan fingerprint density at radius 2 is 1.68 bits per heavy atom. The minimum absolute atomic E-state index is 0.280. The molecule has 4 atom stereocenters. The van der Waals surface area contributed by atoms with E-state index in [1.807, 2.05) is 0 Å². The van der Waals surface area contributed by atoms with Crippen molar-refractivity contribution in [3.8, 4) is 0 Å². The van der Waals surface area contributed by atoms with Crippen LogP contribution in [0.1, 0.15) is 79.1 Å². The lowest BCUT2D eigenvalue weighted by atomic mass is 9.66. The maximum atomic E-state index is 3.77. The highest BCUT2D eigenvalue weighted by molar-refractivity contribution is 4.86. The summed E-state index contributed by atoms with van der Waals surface area (Å²) in [5.74, 6) is 3.99. The summed E-state index contributed by atoms with van der Waals surface area (Å²) in [6, 6.07) is 0. The van der Waals surface area contributed by atoms with E-state index in [1.54, 1.807) is 0 Å². The van der Waals surface area contributed by atoms with Gasteiger partial charge in [-0.25, -0.2) is 0 Å². The molecular weight excluding hydrogens is 230 g/mol. The Bertz CT molecular complexity index is 265. The lowest BCUT2D eigenvalue weighted by molar-refractivity contribution is 0.105. The van der Waals surface area contributed by atoms with Gasteiger partial charge in [-0.1, -0.05) is 39.0 Å². The molecule has 4 unspecified atom stereocenters. The van der Waals surface area contributed by atoms with Crippen LogP contribution in [0.2, 0.25) is 0 Å². The van der Waals surface area contributed by atoms with Gasteiger partial charge in [0.2, 0.25) is 0 Å². The van der Waals surface area contributed by atoms with Crippen LogP contribution in [0.15, 0.2) is 0 Å². The summed E-state index contributed by atoms with van der Waals surface area (Å²) in [6.07, 6.45) is 11.9. The molecule has 2 aliphatic rings. The van der Waals surface area contributed by atoms with Gasteiger partial charge in [0.15, 0.2) is 0 Å². The number of hydrogen-bond donors (Lipinski definition) is 1. The molecule has 1 N–H and O–H groups in total. The molecule has 112 valence electrons. The molecule has 0 aromatic rings. The van der Waals surface area contributed by atoms with Gasteiger partial charge in [0.05, 0.1) is 0 Å². The summed E-state index contributed by atoms with van der Waals surface area (Å²) in [5, 5.41) is 3.77. The molecule has 0 saturated heterocycles. The van der Waals surface area contributed by atoms with Crippen LogP contribution in [0.4, 0.5) is 0 Å². The smallest absolute Gasteiger partial charge is 0.00966 e. The van der Waals surface area contributed by atoms with Crippen molar-refractivity contribution >= 4 is 0 Å². The maximum Gasteiger partial charge on any atom is 0.00966 e. The van der Waals surface area contributed by atoms with Crippen LogP contribution < -0.4 is 5.32 Å². The van der Waals surface area contributed by atoms with Crippen molar-refractivity contribution in [3.63, 3.8) is 0 Å². The third kappa shape index (κ3) is 4.77. The predicted octanol–water partition coefficient (Wildman–Crippen LogP) is 5.01. The second kappa shape index (κ2) is 6.61. The average Bonchev–Trinajstić information content (AvgIpc) is 2.36. The molecule has 0 amide bonds. The second-order valence-electron chi connectivity index (χ2n) is 8.37. The molecule has 2 rings (SSSR count). The van der Waals surface area contributed by atoms with E-state index in [2.05, 4.69) is 33.0 Å². The monoisotopic (exact) mass is 265 g/mol. The highest BCUT2D eigenvalue weighted by Gasteiger charge is 2.34. The fourth-order valence-corrected chi connectivity index (χ4v) is 4.42. The number of nitrogens with one attached hydrogen (secondary N) is 1. The lowest BCUT2D eigenvalue weighted by Crippen LogP contribution is -2.43. The minimum Gasteiger partial charge on any atom is -0.312 e. The molecule has 2 fully saturated rings. The Morgan fingerprint density at radius 1 is 0.947 bits per heavy atom. The van der Waals surface area contributed by atoms with Crippen molar-refractivity contribution < 1.29 is 0 Å². The molecule has 0 spiro atoms. The molecule has 19 heavy (non-hydrogen) atoms. The first kappa shape index (κ1) is 15.4. The van der Waals surface area contributed by atoms with Gasteiger partial charge >= 0.3 is 0 Å². The third-order valence-corrected chi connectivity index (χ3v) is 5.44. The Morgan fingerprint density at radius 3 is 2.37 bits per heavy atom. The molecule has 0 bridgehead atoms. The fraction of sp³-hybridized carbons (Fsp3) is 1.00. The number of rotatable bonds is 3. The van der Waals surface area contributed by atoms with E-state index in [9.17, 15) is 0 Å². The molecule has 2 aliphatic carbocycles. The van der Waals surface area contributed by atoms with E-state index in [0.29, 0.717) is 0 Å². The molecule has 0 aromatic heterocycles. The van der Waals surface area contributed by atoms with Crippen LogP contribution in [0.5, 0.6) is 0 Å². The first-order chi connectivity index (χ1) is 8.96. The third-order valence-electron chi connectivity index (χ3n) is 5.44. The molecule has 0 heterocycles. The highest BCUT2D eigenvalue weighted by Crippen LogP contribution is 2.42. The summed E-state index contributed by atoms with van der Waals surface area (Å²) in [4.78, 5) is 0. The average molecular weight is 265 g/mol. The van der Waals surface area contributed by atoms with Crippen molar-refractivity contribution in [1.82, 2.24) is 5.32 Å². The maximum absolute atomic E-state index is 3.77. The van der Waals surface area contributed by atoms with Gasteiger partial charge in [-0.05, 0) is 70.3 Å². The molecule has 0 radical (unpaired) electrons. The summed E-state index contributed by atoms with van der Waals surface area (Å²) in [7, 11) is 0. The van der Waals surface area contributed by atoms with Crippen molar-refractivity contribution in [1.29, 1.82) is 0 Å². The zero-order chi connectivity index (χ0) is 13.9. The van der Waals surface area contributed by atoms with Gasteiger partial charge < -0.3 is 5.32 Å². The van der Waals surface area contributed by atoms with Gasteiger partial charge in [-0.15, -0.1) is 0 Å². The molecule has 1 heteroatoms. The summed E-state index contributed by atoms with van der Waals surface area (Å²) >= 11 is 0. The van der Waals surface area contributed by atoms with Gasteiger partial charge in [-0.2, -0.15) is 0 Å². The van der Waals surface area contributed by atoms with Gasteiger partial charge in [0.1, 0.15) is 0 Å². The summed E-state index contributed by atoms with van der Waals surface area (Å²) in [5.41, 5.74) is 0.280. The molecule has 1 nitrogen and oxygen atoms in total. The highest BCUT2D eigenvalue weighted by atomic mass is 14.9. The SMILES string of the molecule is CC1CCCC(C2CCCCC2CNC(C)(C)C)C1. The first-order valence-electron chi connectivity index (χ1n) is 8.71. The Labute approximate surface area is 120 Å². The summed E-state index contributed by atoms with van der Waals surface area (Å²) < 4.78 is 0. The van der Waals surface area contributed by atoms with E-state index < -0.39 is 0 Å². The Kier molecular flexibility index (Phi) is 5.34. The summed E-state index contributed by atoms with van der Waals surface area (Å²) in [6.45, 7) is 10.6. The topological polar surface area (TPSA) is 12.0 Å². The van der Waals surface area contributed by atoms with Crippen LogP contribution in [-0.2, 0) is 0 Å². The van der Waals surface area contributed by atoms with Crippen LogP contribution in [0, 0.1) is 23.7 Å². The second-order valence-corrected chi connectivity index (χ2v) is 8.37. The zero-order valence-electron chi connectivity index (χ0n) is 13.7. The van der Waals surface area contributed by atoms with Crippen molar-refractivity contribution in [2.45, 2.75) is 84.6 Å². The quantitative estimate of drug-likeness (QED) is 0.756. The molecule has 2 saturated carbocycles. The van der Waals surface area contributed by atoms with Crippen molar-refractivity contribution in [2.24, 2.45) is 23.7 Å². The predicted molar refractivity (Wildman–Crippen MR) is 84.3 cm³/mol. The van der Waals surface area contributed by atoms with Gasteiger partial charge in [0.25, 0.3) is 0 Å². The van der Waals surface area contributed by atoms with Crippen LogP contribution in [-0.4, -0.2) is 12.1 Å². The van der Waals surface area contributed by atoms with Gasteiger partial charge in [0, 0.05) is 5.54 Å². The normalized spacial score (nSPS) is 37.3.